The quantitative estimate of drug-likeness (QED) is 0.290. The van der Waals surface area contributed by atoms with Crippen LogP contribution in [0.15, 0.2) is 70.3 Å². The second-order valence-corrected chi connectivity index (χ2v) is 8.92. The highest BCUT2D eigenvalue weighted by Gasteiger charge is 2.22. The molecule has 0 saturated heterocycles. The standard InChI is InChI=1S/C22H21N5O2S2/c1-4-11-27-19(17-10-12-29-14(17)2)25-26-22(27)31-15(3)20(28)24-21-23-18(13-30-21)16-8-6-5-7-9-16/h4-10,12-13,15H,1,11H2,2-3H3,(H,23,24,28). The zero-order valence-electron chi connectivity index (χ0n) is 17.1. The van der Waals surface area contributed by atoms with E-state index in [4.69, 9.17) is 4.42 Å². The zero-order chi connectivity index (χ0) is 21.8. The fraction of sp³-hybridized carbons (Fsp3) is 0.182. The van der Waals surface area contributed by atoms with Crippen LogP contribution in [-0.2, 0) is 11.3 Å². The molecule has 31 heavy (non-hydrogen) atoms. The van der Waals surface area contributed by atoms with E-state index in [-0.39, 0.29) is 5.91 Å². The maximum atomic E-state index is 12.8. The minimum Gasteiger partial charge on any atom is -0.469 e. The molecule has 0 radical (unpaired) electrons. The van der Waals surface area contributed by atoms with Crippen molar-refractivity contribution in [2.45, 2.75) is 30.8 Å². The Kier molecular flexibility index (Phi) is 6.34. The number of carbonyl (C=O) groups is 1. The van der Waals surface area contributed by atoms with Crippen LogP contribution in [0, 0.1) is 6.92 Å². The molecule has 158 valence electrons. The first-order chi connectivity index (χ1) is 15.1. The largest absolute Gasteiger partial charge is 0.469 e. The number of carbonyl (C=O) groups excluding carboxylic acids is 1. The Bertz CT molecular complexity index is 1200. The molecule has 0 aliphatic carbocycles. The molecule has 0 spiro atoms. The van der Waals surface area contributed by atoms with E-state index in [0.717, 1.165) is 22.6 Å². The zero-order valence-corrected chi connectivity index (χ0v) is 18.7. The van der Waals surface area contributed by atoms with E-state index in [1.165, 1.54) is 23.1 Å². The molecular weight excluding hydrogens is 430 g/mol. The number of aromatic nitrogens is 4. The third-order valence-electron chi connectivity index (χ3n) is 4.58. The number of aryl methyl sites for hydroxylation is 1. The first-order valence-electron chi connectivity index (χ1n) is 9.64. The molecular formula is C22H21N5O2S2. The van der Waals surface area contributed by atoms with Crippen molar-refractivity contribution < 1.29 is 9.21 Å². The molecule has 3 heterocycles. The summed E-state index contributed by atoms with van der Waals surface area (Å²) in [5.41, 5.74) is 2.72. The summed E-state index contributed by atoms with van der Waals surface area (Å²) in [5.74, 6) is 1.31. The van der Waals surface area contributed by atoms with Gasteiger partial charge in [0.25, 0.3) is 0 Å². The van der Waals surface area contributed by atoms with Crippen molar-refractivity contribution in [3.63, 3.8) is 0 Å². The summed E-state index contributed by atoms with van der Waals surface area (Å²) in [6.07, 6.45) is 3.40. The lowest BCUT2D eigenvalue weighted by atomic mass is 10.2. The Hall–Kier alpha value is -3.17. The fourth-order valence-corrected chi connectivity index (χ4v) is 4.56. The minimum atomic E-state index is -0.393. The van der Waals surface area contributed by atoms with Crippen molar-refractivity contribution in [1.82, 2.24) is 19.7 Å². The lowest BCUT2D eigenvalue weighted by molar-refractivity contribution is -0.115. The molecule has 1 aromatic carbocycles. The smallest absolute Gasteiger partial charge is 0.239 e. The van der Waals surface area contributed by atoms with Gasteiger partial charge in [0, 0.05) is 17.5 Å². The van der Waals surface area contributed by atoms with Gasteiger partial charge in [-0.1, -0.05) is 48.2 Å². The Morgan fingerprint density at radius 3 is 2.84 bits per heavy atom. The summed E-state index contributed by atoms with van der Waals surface area (Å²) in [7, 11) is 0. The number of thioether (sulfide) groups is 1. The topological polar surface area (TPSA) is 85.8 Å². The third kappa shape index (κ3) is 4.62. The molecule has 1 atom stereocenters. The number of allylic oxidation sites excluding steroid dienone is 1. The van der Waals surface area contributed by atoms with Crippen LogP contribution in [0.3, 0.4) is 0 Å². The van der Waals surface area contributed by atoms with Crippen molar-refractivity contribution in [3.05, 3.63) is 66.5 Å². The molecule has 7 nitrogen and oxygen atoms in total. The van der Waals surface area contributed by atoms with Crippen LogP contribution in [0.5, 0.6) is 0 Å². The summed E-state index contributed by atoms with van der Waals surface area (Å²) >= 11 is 2.74. The van der Waals surface area contributed by atoms with Gasteiger partial charge >= 0.3 is 0 Å². The first kappa shape index (κ1) is 21.1. The highest BCUT2D eigenvalue weighted by molar-refractivity contribution is 8.00. The molecule has 0 fully saturated rings. The molecule has 1 unspecified atom stereocenters. The first-order valence-corrected chi connectivity index (χ1v) is 11.4. The number of anilines is 1. The van der Waals surface area contributed by atoms with Crippen LogP contribution in [0.1, 0.15) is 12.7 Å². The number of nitrogens with one attached hydrogen (secondary N) is 1. The minimum absolute atomic E-state index is 0.145. The normalized spacial score (nSPS) is 11.9. The van der Waals surface area contributed by atoms with Crippen molar-refractivity contribution in [2.75, 3.05) is 5.32 Å². The predicted octanol–water partition coefficient (Wildman–Crippen LogP) is 5.28. The van der Waals surface area contributed by atoms with E-state index in [2.05, 4.69) is 27.1 Å². The average molecular weight is 452 g/mol. The van der Waals surface area contributed by atoms with Gasteiger partial charge in [0.15, 0.2) is 16.1 Å². The SMILES string of the molecule is C=CCn1c(SC(C)C(=O)Nc2nc(-c3ccccc3)cs2)nnc1-c1ccoc1C. The number of thiazole rings is 1. The van der Waals surface area contributed by atoms with Crippen LogP contribution < -0.4 is 5.32 Å². The third-order valence-corrected chi connectivity index (χ3v) is 6.42. The Morgan fingerprint density at radius 2 is 2.13 bits per heavy atom. The van der Waals surface area contributed by atoms with E-state index < -0.39 is 5.25 Å². The van der Waals surface area contributed by atoms with Crippen molar-refractivity contribution in [2.24, 2.45) is 0 Å². The average Bonchev–Trinajstić information content (AvgIpc) is 3.50. The highest BCUT2D eigenvalue weighted by atomic mass is 32.2. The van der Waals surface area contributed by atoms with Gasteiger partial charge < -0.3 is 9.73 Å². The van der Waals surface area contributed by atoms with Crippen LogP contribution in [0.25, 0.3) is 22.6 Å². The number of furan rings is 1. The van der Waals surface area contributed by atoms with Crippen molar-refractivity contribution >= 4 is 34.1 Å². The Labute approximate surface area is 188 Å². The molecule has 0 aliphatic heterocycles. The van der Waals surface area contributed by atoms with Gasteiger partial charge in [0.1, 0.15) is 5.76 Å². The molecule has 1 amide bonds. The van der Waals surface area contributed by atoms with Gasteiger partial charge in [-0.3, -0.25) is 9.36 Å². The summed E-state index contributed by atoms with van der Waals surface area (Å²) in [6.45, 7) is 8.06. The van der Waals surface area contributed by atoms with Crippen LogP contribution in [0.4, 0.5) is 5.13 Å². The van der Waals surface area contributed by atoms with Gasteiger partial charge in [0.05, 0.1) is 22.8 Å². The molecule has 3 aromatic heterocycles. The van der Waals surface area contributed by atoms with E-state index >= 15 is 0 Å². The van der Waals surface area contributed by atoms with E-state index in [1.54, 1.807) is 12.3 Å². The van der Waals surface area contributed by atoms with Crippen LogP contribution in [-0.4, -0.2) is 30.9 Å². The Balaban J connectivity index is 1.47. The molecule has 0 aliphatic rings. The van der Waals surface area contributed by atoms with Crippen molar-refractivity contribution in [3.8, 4) is 22.6 Å². The van der Waals surface area contributed by atoms with Gasteiger partial charge in [0.2, 0.25) is 5.91 Å². The van der Waals surface area contributed by atoms with Crippen LogP contribution >= 0.6 is 23.1 Å². The van der Waals surface area contributed by atoms with Crippen molar-refractivity contribution in [1.29, 1.82) is 0 Å². The molecule has 4 aromatic rings. The number of nitrogens with zero attached hydrogens (tertiary/aromatic N) is 4. The molecule has 0 bridgehead atoms. The van der Waals surface area contributed by atoms with Gasteiger partial charge in [-0.2, -0.15) is 0 Å². The predicted molar refractivity (Wildman–Crippen MR) is 124 cm³/mol. The van der Waals surface area contributed by atoms with E-state index in [0.29, 0.717) is 22.7 Å². The van der Waals surface area contributed by atoms with Gasteiger partial charge in [-0.05, 0) is 19.9 Å². The number of hydrogen-bond donors (Lipinski definition) is 1. The second-order valence-electron chi connectivity index (χ2n) is 6.75. The number of rotatable bonds is 8. The van der Waals surface area contributed by atoms with Gasteiger partial charge in [-0.15, -0.1) is 28.1 Å². The second kappa shape index (κ2) is 9.32. The van der Waals surface area contributed by atoms with Crippen LogP contribution in [0.2, 0.25) is 0 Å². The summed E-state index contributed by atoms with van der Waals surface area (Å²) in [6, 6.07) is 11.7. The highest BCUT2D eigenvalue weighted by Crippen LogP contribution is 2.30. The summed E-state index contributed by atoms with van der Waals surface area (Å²) in [4.78, 5) is 17.3. The molecule has 0 saturated carbocycles. The maximum Gasteiger partial charge on any atom is 0.239 e. The monoisotopic (exact) mass is 451 g/mol. The summed E-state index contributed by atoms with van der Waals surface area (Å²) < 4.78 is 7.32. The van der Waals surface area contributed by atoms with E-state index in [9.17, 15) is 4.79 Å². The number of amides is 1. The lowest BCUT2D eigenvalue weighted by Crippen LogP contribution is -2.22. The molecule has 9 heteroatoms. The number of benzene rings is 1. The Morgan fingerprint density at radius 1 is 1.32 bits per heavy atom. The lowest BCUT2D eigenvalue weighted by Gasteiger charge is -2.11. The number of hydrogen-bond acceptors (Lipinski definition) is 7. The molecule has 1 N–H and O–H groups in total. The fourth-order valence-electron chi connectivity index (χ4n) is 2.98. The summed E-state index contributed by atoms with van der Waals surface area (Å²) in [5, 5.41) is 14.3. The molecule has 4 rings (SSSR count). The maximum absolute atomic E-state index is 12.8. The van der Waals surface area contributed by atoms with Gasteiger partial charge in [-0.25, -0.2) is 4.98 Å². The van der Waals surface area contributed by atoms with E-state index in [1.807, 2.05) is 60.2 Å².